The molecule has 16 heavy (non-hydrogen) atoms. The van der Waals surface area contributed by atoms with E-state index in [9.17, 15) is 18.0 Å². The summed E-state index contributed by atoms with van der Waals surface area (Å²) in [6.07, 6.45) is -1.03. The van der Waals surface area contributed by atoms with E-state index in [0.717, 1.165) is 11.1 Å². The van der Waals surface area contributed by atoms with E-state index in [1.807, 2.05) is 0 Å². The lowest BCUT2D eigenvalue weighted by Gasteiger charge is -2.23. The van der Waals surface area contributed by atoms with Gasteiger partial charge in [-0.25, -0.2) is 5.01 Å². The average Bonchev–Trinajstić information content (AvgIpc) is 2.58. The molecule has 4 nitrogen and oxygen atoms in total. The highest BCUT2D eigenvalue weighted by Crippen LogP contribution is 2.26. The van der Waals surface area contributed by atoms with Gasteiger partial charge < -0.3 is 0 Å². The van der Waals surface area contributed by atoms with Gasteiger partial charge in [0.25, 0.3) is 0 Å². The van der Waals surface area contributed by atoms with Crippen molar-refractivity contribution in [3.05, 3.63) is 12.2 Å². The first-order chi connectivity index (χ1) is 7.39. The summed E-state index contributed by atoms with van der Waals surface area (Å²) in [6, 6.07) is -1.26. The zero-order valence-corrected chi connectivity index (χ0v) is 8.27. The Labute approximate surface area is 89.1 Å². The molecule has 2 atom stereocenters. The number of hydrogen-bond donors (Lipinski definition) is 0. The molecule has 2 rings (SSSR count). The van der Waals surface area contributed by atoms with Crippen LogP contribution < -0.4 is 0 Å². The molecule has 7 heteroatoms. The van der Waals surface area contributed by atoms with Gasteiger partial charge in [-0.2, -0.15) is 18.3 Å². The molecule has 0 aliphatic carbocycles. The number of alkyl halides is 3. The molecule has 2 aliphatic rings. The summed E-state index contributed by atoms with van der Waals surface area (Å²) in [6.45, 7) is 1.30. The molecule has 0 aromatic heterocycles. The number of aliphatic imine (C=N–C) groups is 1. The smallest absolute Gasteiger partial charge is 0.273 e. The van der Waals surface area contributed by atoms with E-state index in [0.29, 0.717) is 0 Å². The molecule has 0 spiro atoms. The van der Waals surface area contributed by atoms with Gasteiger partial charge in [-0.15, -0.1) is 0 Å². The van der Waals surface area contributed by atoms with Crippen molar-refractivity contribution < 1.29 is 18.0 Å². The second kappa shape index (κ2) is 3.43. The van der Waals surface area contributed by atoms with Crippen LogP contribution in [-0.2, 0) is 4.79 Å². The van der Waals surface area contributed by atoms with Crippen LogP contribution in [0.3, 0.4) is 0 Å². The zero-order valence-electron chi connectivity index (χ0n) is 8.27. The van der Waals surface area contributed by atoms with Gasteiger partial charge in [0.15, 0.2) is 0 Å². The maximum atomic E-state index is 12.3. The number of carbonyl (C=O) groups is 1. The van der Waals surface area contributed by atoms with E-state index in [1.165, 1.54) is 19.2 Å². The summed E-state index contributed by atoms with van der Waals surface area (Å²) >= 11 is 0. The van der Waals surface area contributed by atoms with Crippen LogP contribution in [0.1, 0.15) is 6.92 Å². The Balaban J connectivity index is 2.23. The number of amides is 1. The minimum absolute atomic E-state index is 0.320. The van der Waals surface area contributed by atoms with E-state index in [1.54, 1.807) is 0 Å². The van der Waals surface area contributed by atoms with Crippen molar-refractivity contribution in [3.8, 4) is 0 Å². The fourth-order valence-electron chi connectivity index (χ4n) is 1.61. The summed E-state index contributed by atoms with van der Waals surface area (Å²) < 4.78 is 37.0. The SMILES string of the molecule is CC(=O)N1N=CC2N=C(C(F)(F)F)C=CC21. The molecule has 0 saturated heterocycles. The summed E-state index contributed by atoms with van der Waals surface area (Å²) in [5.41, 5.74) is -0.939. The van der Waals surface area contributed by atoms with Gasteiger partial charge in [0.1, 0.15) is 17.8 Å². The van der Waals surface area contributed by atoms with Gasteiger partial charge in [0, 0.05) is 6.92 Å². The van der Waals surface area contributed by atoms with Gasteiger partial charge >= 0.3 is 6.18 Å². The van der Waals surface area contributed by atoms with Crippen LogP contribution in [0.2, 0.25) is 0 Å². The molecule has 0 N–H and O–H groups in total. The first-order valence-electron chi connectivity index (χ1n) is 4.56. The van der Waals surface area contributed by atoms with Crippen molar-refractivity contribution in [2.75, 3.05) is 0 Å². The Morgan fingerprint density at radius 3 is 2.75 bits per heavy atom. The summed E-state index contributed by atoms with van der Waals surface area (Å²) in [5, 5.41) is 4.85. The van der Waals surface area contributed by atoms with Crippen molar-refractivity contribution in [2.45, 2.75) is 25.2 Å². The summed E-state index contributed by atoms with van der Waals surface area (Å²) in [4.78, 5) is 14.6. The molecule has 0 aromatic rings. The lowest BCUT2D eigenvalue weighted by atomic mass is 10.1. The van der Waals surface area contributed by atoms with Gasteiger partial charge in [-0.1, -0.05) is 6.08 Å². The van der Waals surface area contributed by atoms with Crippen LogP contribution in [0.25, 0.3) is 0 Å². The topological polar surface area (TPSA) is 45.0 Å². The second-order valence-electron chi connectivity index (χ2n) is 3.48. The number of dihydropyridines is 1. The van der Waals surface area contributed by atoms with Crippen molar-refractivity contribution in [1.82, 2.24) is 5.01 Å². The summed E-state index contributed by atoms with van der Waals surface area (Å²) in [7, 11) is 0. The molecule has 86 valence electrons. The van der Waals surface area contributed by atoms with E-state index < -0.39 is 24.0 Å². The molecule has 2 heterocycles. The number of nitrogens with zero attached hydrogens (tertiary/aromatic N) is 3. The maximum absolute atomic E-state index is 12.3. The Bertz CT molecular complexity index is 411. The third-order valence-electron chi connectivity index (χ3n) is 2.33. The Hall–Kier alpha value is -1.66. The number of hydrogen-bond acceptors (Lipinski definition) is 3. The van der Waals surface area contributed by atoms with Crippen molar-refractivity contribution in [1.29, 1.82) is 0 Å². The lowest BCUT2D eigenvalue weighted by molar-refractivity contribution is -0.129. The largest absolute Gasteiger partial charge is 0.432 e. The first kappa shape index (κ1) is 10.8. The summed E-state index contributed by atoms with van der Waals surface area (Å²) in [5.74, 6) is -0.320. The number of halogens is 3. The van der Waals surface area contributed by atoms with Crippen LogP contribution in [0.15, 0.2) is 22.2 Å². The number of hydrazone groups is 1. The fourth-order valence-corrected chi connectivity index (χ4v) is 1.61. The third-order valence-corrected chi connectivity index (χ3v) is 2.33. The number of fused-ring (bicyclic) bond motifs is 1. The molecule has 0 radical (unpaired) electrons. The van der Waals surface area contributed by atoms with Crippen molar-refractivity contribution >= 4 is 17.8 Å². The Morgan fingerprint density at radius 1 is 1.50 bits per heavy atom. The first-order valence-corrected chi connectivity index (χ1v) is 4.56. The molecule has 0 fully saturated rings. The van der Waals surface area contributed by atoms with Crippen LogP contribution >= 0.6 is 0 Å². The minimum atomic E-state index is -4.46. The minimum Gasteiger partial charge on any atom is -0.273 e. The van der Waals surface area contributed by atoms with Crippen LogP contribution in [0.4, 0.5) is 13.2 Å². The number of rotatable bonds is 0. The molecular formula is C9H8F3N3O. The predicted octanol–water partition coefficient (Wildman–Crippen LogP) is 1.14. The highest BCUT2D eigenvalue weighted by atomic mass is 19.4. The van der Waals surface area contributed by atoms with Crippen molar-refractivity contribution in [3.63, 3.8) is 0 Å². The fraction of sp³-hybridized carbons (Fsp3) is 0.444. The van der Waals surface area contributed by atoms with Crippen molar-refractivity contribution in [2.24, 2.45) is 10.1 Å². The lowest BCUT2D eigenvalue weighted by Crippen LogP contribution is -2.39. The number of allylic oxidation sites excluding steroid dienone is 1. The highest BCUT2D eigenvalue weighted by Gasteiger charge is 2.40. The quantitative estimate of drug-likeness (QED) is 0.616. The molecule has 0 saturated carbocycles. The highest BCUT2D eigenvalue weighted by molar-refractivity contribution is 6.02. The van der Waals surface area contributed by atoms with Gasteiger partial charge in [-0.05, 0) is 6.08 Å². The predicted molar refractivity (Wildman–Crippen MR) is 51.2 cm³/mol. The van der Waals surface area contributed by atoms with E-state index >= 15 is 0 Å². The standard InChI is InChI=1S/C9H8F3N3O/c1-5(16)15-7-2-3-8(9(10,11)12)14-6(7)4-13-15/h2-4,6-7H,1H3. The molecule has 0 bridgehead atoms. The van der Waals surface area contributed by atoms with E-state index in [4.69, 9.17) is 0 Å². The second-order valence-corrected chi connectivity index (χ2v) is 3.48. The average molecular weight is 231 g/mol. The van der Waals surface area contributed by atoms with Crippen LogP contribution in [0.5, 0.6) is 0 Å². The Kier molecular flexibility index (Phi) is 2.32. The van der Waals surface area contributed by atoms with Crippen LogP contribution in [0, 0.1) is 0 Å². The molecule has 0 aromatic carbocycles. The van der Waals surface area contributed by atoms with E-state index in [-0.39, 0.29) is 5.91 Å². The van der Waals surface area contributed by atoms with Gasteiger partial charge in [0.2, 0.25) is 5.91 Å². The van der Waals surface area contributed by atoms with Gasteiger partial charge in [0.05, 0.1) is 6.21 Å². The molecular weight excluding hydrogens is 223 g/mol. The normalized spacial score (nSPS) is 28.0. The zero-order chi connectivity index (χ0) is 11.9. The molecule has 2 unspecified atom stereocenters. The Morgan fingerprint density at radius 2 is 2.19 bits per heavy atom. The number of carbonyl (C=O) groups excluding carboxylic acids is 1. The van der Waals surface area contributed by atoms with Crippen LogP contribution in [-0.4, -0.2) is 41.1 Å². The third kappa shape index (κ3) is 1.72. The molecule has 2 aliphatic heterocycles. The van der Waals surface area contributed by atoms with Gasteiger partial charge in [-0.3, -0.25) is 9.79 Å². The van der Waals surface area contributed by atoms with E-state index in [2.05, 4.69) is 10.1 Å². The monoisotopic (exact) mass is 231 g/mol. The maximum Gasteiger partial charge on any atom is 0.432 e. The molecule has 1 amide bonds.